The van der Waals surface area contributed by atoms with E-state index in [0.29, 0.717) is 12.8 Å². The fourth-order valence-corrected chi connectivity index (χ4v) is 2.00. The molecule has 0 heterocycles. The van der Waals surface area contributed by atoms with Crippen LogP contribution in [-0.4, -0.2) is 47.1 Å². The van der Waals surface area contributed by atoms with Gasteiger partial charge >= 0.3 is 11.9 Å². The zero-order valence-electron chi connectivity index (χ0n) is 13.1. The molecular weight excluding hydrogens is 288 g/mol. The predicted molar refractivity (Wildman–Crippen MR) is 82.0 cm³/mol. The van der Waals surface area contributed by atoms with Crippen molar-refractivity contribution in [3.8, 4) is 0 Å². The van der Waals surface area contributed by atoms with Crippen LogP contribution in [0, 0.1) is 0 Å². The standard InChI is InChI=1S/C16H26O6/c1-4-7-8-9-10-13(21-14(19)5-2)16(11-17,12-18)22-15(20)6-3/h5-6,13,17-18H,2-4,7-12H2,1H3. The number of hydrogen-bond acceptors (Lipinski definition) is 6. The van der Waals surface area contributed by atoms with E-state index in [1.807, 2.05) is 0 Å². The van der Waals surface area contributed by atoms with Gasteiger partial charge in [0, 0.05) is 12.2 Å². The molecule has 0 amide bonds. The van der Waals surface area contributed by atoms with E-state index in [9.17, 15) is 19.8 Å². The number of hydrogen-bond donors (Lipinski definition) is 2. The zero-order valence-corrected chi connectivity index (χ0v) is 13.1. The summed E-state index contributed by atoms with van der Waals surface area (Å²) >= 11 is 0. The van der Waals surface area contributed by atoms with Gasteiger partial charge in [-0.15, -0.1) is 0 Å². The number of aliphatic hydroxyl groups is 2. The van der Waals surface area contributed by atoms with Crippen LogP contribution >= 0.6 is 0 Å². The van der Waals surface area contributed by atoms with Gasteiger partial charge in [0.05, 0.1) is 13.2 Å². The van der Waals surface area contributed by atoms with E-state index in [0.717, 1.165) is 31.4 Å². The van der Waals surface area contributed by atoms with Crippen molar-refractivity contribution in [3.05, 3.63) is 25.3 Å². The molecule has 6 nitrogen and oxygen atoms in total. The molecule has 0 radical (unpaired) electrons. The molecule has 0 aliphatic carbocycles. The highest BCUT2D eigenvalue weighted by Gasteiger charge is 2.43. The SMILES string of the molecule is C=CC(=O)OC(CCCCCC)C(CO)(CO)OC(=O)C=C. The van der Waals surface area contributed by atoms with Crippen LogP contribution in [0.5, 0.6) is 0 Å². The maximum absolute atomic E-state index is 11.5. The van der Waals surface area contributed by atoms with Crippen molar-refractivity contribution in [1.29, 1.82) is 0 Å². The van der Waals surface area contributed by atoms with Crippen LogP contribution in [-0.2, 0) is 19.1 Å². The zero-order chi connectivity index (χ0) is 17.0. The summed E-state index contributed by atoms with van der Waals surface area (Å²) in [6.45, 7) is 7.30. The largest absolute Gasteiger partial charge is 0.455 e. The fourth-order valence-electron chi connectivity index (χ4n) is 2.00. The molecule has 0 spiro atoms. The second-order valence-corrected chi connectivity index (χ2v) is 4.99. The number of ether oxygens (including phenoxy) is 2. The van der Waals surface area contributed by atoms with E-state index in [-0.39, 0.29) is 0 Å². The number of esters is 2. The quantitative estimate of drug-likeness (QED) is 0.322. The maximum atomic E-state index is 11.5. The molecule has 0 aromatic carbocycles. The fraction of sp³-hybridized carbons (Fsp3) is 0.625. The van der Waals surface area contributed by atoms with E-state index in [2.05, 4.69) is 20.1 Å². The molecule has 0 rings (SSSR count). The van der Waals surface area contributed by atoms with E-state index in [1.54, 1.807) is 0 Å². The monoisotopic (exact) mass is 314 g/mol. The van der Waals surface area contributed by atoms with Gasteiger partial charge in [0.25, 0.3) is 0 Å². The van der Waals surface area contributed by atoms with E-state index >= 15 is 0 Å². The molecule has 0 aliphatic heterocycles. The molecule has 22 heavy (non-hydrogen) atoms. The van der Waals surface area contributed by atoms with E-state index in [4.69, 9.17) is 9.47 Å². The summed E-state index contributed by atoms with van der Waals surface area (Å²) in [5, 5.41) is 19.2. The number of rotatable bonds is 12. The van der Waals surface area contributed by atoms with Crippen molar-refractivity contribution in [2.24, 2.45) is 0 Å². The maximum Gasteiger partial charge on any atom is 0.331 e. The Hall–Kier alpha value is -1.66. The normalized spacial score (nSPS) is 12.3. The predicted octanol–water partition coefficient (Wildman–Crippen LogP) is 1.51. The molecule has 0 aromatic rings. The third kappa shape index (κ3) is 6.41. The number of aliphatic hydroxyl groups excluding tert-OH is 2. The Morgan fingerprint density at radius 2 is 1.68 bits per heavy atom. The second kappa shape index (κ2) is 11.0. The molecule has 2 N–H and O–H groups in total. The van der Waals surface area contributed by atoms with Crippen molar-refractivity contribution in [1.82, 2.24) is 0 Å². The second-order valence-electron chi connectivity index (χ2n) is 4.99. The van der Waals surface area contributed by atoms with Crippen molar-refractivity contribution < 1.29 is 29.3 Å². The lowest BCUT2D eigenvalue weighted by Crippen LogP contribution is -2.54. The summed E-state index contributed by atoms with van der Waals surface area (Å²) in [5.74, 6) is -1.52. The molecule has 0 saturated carbocycles. The van der Waals surface area contributed by atoms with Crippen molar-refractivity contribution >= 4 is 11.9 Å². The minimum atomic E-state index is -1.70. The van der Waals surface area contributed by atoms with E-state index < -0.39 is 36.9 Å². The number of carbonyl (C=O) groups is 2. The molecule has 6 heteroatoms. The Morgan fingerprint density at radius 3 is 2.14 bits per heavy atom. The van der Waals surface area contributed by atoms with Crippen LogP contribution in [0.3, 0.4) is 0 Å². The first-order valence-electron chi connectivity index (χ1n) is 7.39. The van der Waals surface area contributed by atoms with Gasteiger partial charge in [-0.2, -0.15) is 0 Å². The lowest BCUT2D eigenvalue weighted by molar-refractivity contribution is -0.197. The summed E-state index contributed by atoms with van der Waals surface area (Å²) in [7, 11) is 0. The van der Waals surface area contributed by atoms with Crippen molar-refractivity contribution in [2.45, 2.75) is 50.7 Å². The Balaban J connectivity index is 5.15. The lowest BCUT2D eigenvalue weighted by Gasteiger charge is -2.36. The summed E-state index contributed by atoms with van der Waals surface area (Å²) in [4.78, 5) is 22.9. The number of carbonyl (C=O) groups excluding carboxylic acids is 2. The molecule has 0 aliphatic rings. The summed E-state index contributed by atoms with van der Waals surface area (Å²) in [6.07, 6.45) is 4.95. The highest BCUT2D eigenvalue weighted by molar-refractivity contribution is 5.82. The van der Waals surface area contributed by atoms with Gasteiger partial charge < -0.3 is 19.7 Å². The van der Waals surface area contributed by atoms with Crippen LogP contribution in [0.25, 0.3) is 0 Å². The van der Waals surface area contributed by atoms with Crippen LogP contribution < -0.4 is 0 Å². The third-order valence-corrected chi connectivity index (χ3v) is 3.34. The Bertz CT molecular complexity index is 373. The Kier molecular flexibility index (Phi) is 10.2. The van der Waals surface area contributed by atoms with Crippen molar-refractivity contribution in [3.63, 3.8) is 0 Å². The van der Waals surface area contributed by atoms with Crippen LogP contribution in [0.15, 0.2) is 25.3 Å². The molecule has 0 saturated heterocycles. The Morgan fingerprint density at radius 1 is 1.09 bits per heavy atom. The first-order valence-corrected chi connectivity index (χ1v) is 7.39. The minimum absolute atomic E-state index is 0.352. The van der Waals surface area contributed by atoms with Gasteiger partial charge in [0.15, 0.2) is 5.60 Å². The minimum Gasteiger partial charge on any atom is -0.455 e. The highest BCUT2D eigenvalue weighted by atomic mass is 16.6. The van der Waals surface area contributed by atoms with E-state index in [1.165, 1.54) is 0 Å². The smallest absolute Gasteiger partial charge is 0.331 e. The molecule has 1 atom stereocenters. The molecule has 126 valence electrons. The Labute approximate surface area is 131 Å². The third-order valence-electron chi connectivity index (χ3n) is 3.34. The van der Waals surface area contributed by atoms with Gasteiger partial charge in [-0.05, 0) is 12.8 Å². The molecule has 1 unspecified atom stereocenters. The first kappa shape index (κ1) is 20.3. The van der Waals surface area contributed by atoms with Gasteiger partial charge in [-0.3, -0.25) is 0 Å². The molecule has 0 fully saturated rings. The van der Waals surface area contributed by atoms with Gasteiger partial charge in [0.1, 0.15) is 6.10 Å². The molecular formula is C16H26O6. The van der Waals surface area contributed by atoms with Gasteiger partial charge in [-0.1, -0.05) is 39.3 Å². The van der Waals surface area contributed by atoms with Crippen LogP contribution in [0.4, 0.5) is 0 Å². The topological polar surface area (TPSA) is 93.1 Å². The van der Waals surface area contributed by atoms with Crippen molar-refractivity contribution in [2.75, 3.05) is 13.2 Å². The van der Waals surface area contributed by atoms with Gasteiger partial charge in [-0.25, -0.2) is 9.59 Å². The molecule has 0 aromatic heterocycles. The summed E-state index contributed by atoms with van der Waals surface area (Å²) in [5.41, 5.74) is -1.70. The summed E-state index contributed by atoms with van der Waals surface area (Å²) < 4.78 is 10.3. The average Bonchev–Trinajstić information content (AvgIpc) is 2.55. The highest BCUT2D eigenvalue weighted by Crippen LogP contribution is 2.25. The van der Waals surface area contributed by atoms with Crippen LogP contribution in [0.1, 0.15) is 39.0 Å². The summed E-state index contributed by atoms with van der Waals surface area (Å²) in [6, 6.07) is 0. The number of unbranched alkanes of at least 4 members (excludes halogenated alkanes) is 3. The van der Waals surface area contributed by atoms with Gasteiger partial charge in [0.2, 0.25) is 0 Å². The average molecular weight is 314 g/mol. The first-order chi connectivity index (χ1) is 10.5. The molecule has 0 bridgehead atoms. The van der Waals surface area contributed by atoms with Crippen LogP contribution in [0.2, 0.25) is 0 Å². The lowest BCUT2D eigenvalue weighted by atomic mass is 9.93.